The summed E-state index contributed by atoms with van der Waals surface area (Å²) in [5, 5.41) is 3.40. The first kappa shape index (κ1) is 19.8. The predicted octanol–water partition coefficient (Wildman–Crippen LogP) is 3.62. The van der Waals surface area contributed by atoms with Gasteiger partial charge in [-0.25, -0.2) is 0 Å². The lowest BCUT2D eigenvalue weighted by Gasteiger charge is -2.25. The highest BCUT2D eigenvalue weighted by atomic mass is 16.5. The second-order valence-electron chi connectivity index (χ2n) is 8.32. The van der Waals surface area contributed by atoms with Gasteiger partial charge in [0.25, 0.3) is 0 Å². The van der Waals surface area contributed by atoms with E-state index in [2.05, 4.69) is 5.32 Å². The number of ether oxygens (including phenoxy) is 2. The van der Waals surface area contributed by atoms with Crippen molar-refractivity contribution in [1.82, 2.24) is 10.2 Å². The Morgan fingerprint density at radius 2 is 1.86 bits per heavy atom. The maximum absolute atomic E-state index is 12.9. The topological polar surface area (TPSA) is 50.8 Å². The molecule has 1 N–H and O–H groups in total. The van der Waals surface area contributed by atoms with Crippen LogP contribution in [-0.4, -0.2) is 38.1 Å². The minimum absolute atomic E-state index is 0.199. The number of carbonyl (C=O) groups excluding carboxylic acids is 1. The number of hydrogen-bond donors (Lipinski definition) is 1. The van der Waals surface area contributed by atoms with E-state index in [4.69, 9.17) is 9.47 Å². The van der Waals surface area contributed by atoms with Gasteiger partial charge in [0.05, 0.1) is 7.11 Å². The molecule has 1 saturated heterocycles. The Bertz CT molecular complexity index is 846. The van der Waals surface area contributed by atoms with Gasteiger partial charge < -0.3 is 19.7 Å². The lowest BCUT2D eigenvalue weighted by Crippen LogP contribution is -2.34. The van der Waals surface area contributed by atoms with E-state index in [1.54, 1.807) is 7.11 Å². The molecule has 154 valence electrons. The molecule has 2 aliphatic rings. The van der Waals surface area contributed by atoms with Crippen LogP contribution in [0.3, 0.4) is 0 Å². The van der Waals surface area contributed by atoms with E-state index >= 15 is 0 Å². The maximum atomic E-state index is 12.9. The highest BCUT2D eigenvalue weighted by Gasteiger charge is 2.58. The van der Waals surface area contributed by atoms with Gasteiger partial charge in [0.1, 0.15) is 6.61 Å². The molecule has 0 radical (unpaired) electrons. The molecule has 5 nitrogen and oxygen atoms in total. The average molecular weight is 395 g/mol. The van der Waals surface area contributed by atoms with E-state index in [-0.39, 0.29) is 17.2 Å². The van der Waals surface area contributed by atoms with E-state index in [1.807, 2.05) is 60.5 Å². The van der Waals surface area contributed by atoms with Crippen molar-refractivity contribution in [3.63, 3.8) is 0 Å². The quantitative estimate of drug-likeness (QED) is 0.779. The molecule has 1 saturated carbocycles. The Labute approximate surface area is 173 Å². The third kappa shape index (κ3) is 4.40. The van der Waals surface area contributed by atoms with Crippen molar-refractivity contribution in [2.45, 2.75) is 32.4 Å². The molecule has 1 aliphatic heterocycles. The van der Waals surface area contributed by atoms with Gasteiger partial charge in [-0.05, 0) is 61.0 Å². The van der Waals surface area contributed by atoms with E-state index in [0.717, 1.165) is 43.5 Å². The molecule has 1 atom stereocenters. The monoisotopic (exact) mass is 394 g/mol. The van der Waals surface area contributed by atoms with Crippen LogP contribution >= 0.6 is 0 Å². The molecule has 1 amide bonds. The summed E-state index contributed by atoms with van der Waals surface area (Å²) in [6.45, 7) is 3.15. The van der Waals surface area contributed by atoms with Crippen LogP contribution in [0.25, 0.3) is 0 Å². The maximum Gasteiger partial charge on any atom is 0.226 e. The standard InChI is InChI=1S/C24H30N2O3/c1-26(23(27)20-15-24(20)10-12-25-13-11-24)16-19-8-9-21(22(14-19)28-2)29-17-18-6-4-3-5-7-18/h3-9,14,20,25H,10-13,15-17H2,1-2H3. The second kappa shape index (κ2) is 8.46. The molecule has 4 rings (SSSR count). The van der Waals surface area contributed by atoms with Gasteiger partial charge in [0.2, 0.25) is 5.91 Å². The molecule has 1 aliphatic carbocycles. The van der Waals surface area contributed by atoms with Crippen molar-refractivity contribution in [1.29, 1.82) is 0 Å². The van der Waals surface area contributed by atoms with Crippen LogP contribution in [-0.2, 0) is 17.9 Å². The van der Waals surface area contributed by atoms with Gasteiger partial charge in [-0.15, -0.1) is 0 Å². The van der Waals surface area contributed by atoms with E-state index in [9.17, 15) is 4.79 Å². The summed E-state index contributed by atoms with van der Waals surface area (Å²) in [5.74, 6) is 1.88. The number of piperidine rings is 1. The van der Waals surface area contributed by atoms with Gasteiger partial charge in [0, 0.05) is 19.5 Å². The Balaban J connectivity index is 1.36. The zero-order valence-electron chi connectivity index (χ0n) is 17.3. The molecular formula is C24H30N2O3. The molecule has 5 heteroatoms. The summed E-state index contributed by atoms with van der Waals surface area (Å²) in [4.78, 5) is 14.8. The molecule has 1 spiro atoms. The minimum Gasteiger partial charge on any atom is -0.493 e. The van der Waals surface area contributed by atoms with Crippen molar-refractivity contribution in [3.8, 4) is 11.5 Å². The number of carbonyl (C=O) groups is 1. The Morgan fingerprint density at radius 1 is 1.10 bits per heavy atom. The summed E-state index contributed by atoms with van der Waals surface area (Å²) >= 11 is 0. The summed E-state index contributed by atoms with van der Waals surface area (Å²) in [6, 6.07) is 16.0. The Hall–Kier alpha value is -2.53. The van der Waals surface area contributed by atoms with Crippen LogP contribution in [0.1, 0.15) is 30.4 Å². The molecule has 29 heavy (non-hydrogen) atoms. The normalized spacial score (nSPS) is 19.6. The first-order valence-corrected chi connectivity index (χ1v) is 10.4. The molecule has 1 heterocycles. The van der Waals surface area contributed by atoms with Gasteiger partial charge in [-0.2, -0.15) is 0 Å². The highest BCUT2D eigenvalue weighted by molar-refractivity contribution is 5.82. The number of nitrogens with zero attached hydrogens (tertiary/aromatic N) is 1. The fourth-order valence-corrected chi connectivity index (χ4v) is 4.46. The fourth-order valence-electron chi connectivity index (χ4n) is 4.46. The lowest BCUT2D eigenvalue weighted by atomic mass is 9.91. The van der Waals surface area contributed by atoms with Crippen LogP contribution in [0.15, 0.2) is 48.5 Å². The Kier molecular flexibility index (Phi) is 5.76. The number of hydrogen-bond acceptors (Lipinski definition) is 4. The van der Waals surface area contributed by atoms with Gasteiger partial charge in [-0.3, -0.25) is 4.79 Å². The zero-order chi connectivity index (χ0) is 20.3. The molecule has 2 fully saturated rings. The van der Waals surface area contributed by atoms with E-state index in [1.165, 1.54) is 0 Å². The van der Waals surface area contributed by atoms with Gasteiger partial charge in [-0.1, -0.05) is 36.4 Å². The second-order valence-corrected chi connectivity index (χ2v) is 8.32. The smallest absolute Gasteiger partial charge is 0.226 e. The molecule has 1 unspecified atom stereocenters. The minimum atomic E-state index is 0.199. The molecule has 0 bridgehead atoms. The van der Waals surface area contributed by atoms with Crippen LogP contribution in [0.4, 0.5) is 0 Å². The average Bonchev–Trinajstić information content (AvgIpc) is 3.45. The van der Waals surface area contributed by atoms with Crippen molar-refractivity contribution in [2.75, 3.05) is 27.2 Å². The van der Waals surface area contributed by atoms with Crippen LogP contribution < -0.4 is 14.8 Å². The first-order valence-electron chi connectivity index (χ1n) is 10.4. The third-order valence-electron chi connectivity index (χ3n) is 6.35. The number of nitrogens with one attached hydrogen (secondary N) is 1. The largest absolute Gasteiger partial charge is 0.493 e. The fraction of sp³-hybridized carbons (Fsp3) is 0.458. The van der Waals surface area contributed by atoms with Crippen molar-refractivity contribution in [3.05, 3.63) is 59.7 Å². The zero-order valence-corrected chi connectivity index (χ0v) is 17.3. The molecular weight excluding hydrogens is 364 g/mol. The van der Waals surface area contributed by atoms with Crippen LogP contribution in [0.2, 0.25) is 0 Å². The predicted molar refractivity (Wildman–Crippen MR) is 113 cm³/mol. The van der Waals surface area contributed by atoms with Crippen molar-refractivity contribution < 1.29 is 14.3 Å². The number of rotatable bonds is 7. The summed E-state index contributed by atoms with van der Waals surface area (Å²) in [7, 11) is 3.55. The first-order chi connectivity index (χ1) is 14.1. The molecule has 0 aromatic heterocycles. The molecule has 2 aromatic carbocycles. The van der Waals surface area contributed by atoms with E-state index in [0.29, 0.717) is 24.7 Å². The Morgan fingerprint density at radius 3 is 2.59 bits per heavy atom. The summed E-state index contributed by atoms with van der Waals surface area (Å²) < 4.78 is 11.5. The summed E-state index contributed by atoms with van der Waals surface area (Å²) in [5.41, 5.74) is 2.42. The van der Waals surface area contributed by atoms with Crippen LogP contribution in [0, 0.1) is 11.3 Å². The highest BCUT2D eigenvalue weighted by Crippen LogP contribution is 2.59. The van der Waals surface area contributed by atoms with Crippen LogP contribution in [0.5, 0.6) is 11.5 Å². The van der Waals surface area contributed by atoms with Gasteiger partial charge in [0.15, 0.2) is 11.5 Å². The number of benzene rings is 2. The lowest BCUT2D eigenvalue weighted by molar-refractivity contribution is -0.132. The summed E-state index contributed by atoms with van der Waals surface area (Å²) in [6.07, 6.45) is 3.30. The number of amides is 1. The SMILES string of the molecule is COc1cc(CN(C)C(=O)C2CC23CCNCC3)ccc1OCc1ccccc1. The third-order valence-corrected chi connectivity index (χ3v) is 6.35. The molecule has 2 aromatic rings. The number of methoxy groups -OCH3 is 1. The van der Waals surface area contributed by atoms with Crippen molar-refractivity contribution >= 4 is 5.91 Å². The van der Waals surface area contributed by atoms with E-state index < -0.39 is 0 Å². The van der Waals surface area contributed by atoms with Gasteiger partial charge >= 0.3 is 0 Å². The van der Waals surface area contributed by atoms with Crippen molar-refractivity contribution in [2.24, 2.45) is 11.3 Å².